The normalized spacial score (nSPS) is 11.6. The van der Waals surface area contributed by atoms with E-state index in [9.17, 15) is 0 Å². The maximum Gasteiger partial charge on any atom is 0.120 e. The third kappa shape index (κ3) is 4.76. The molecule has 0 radical (unpaired) electrons. The summed E-state index contributed by atoms with van der Waals surface area (Å²) in [6.45, 7) is 4.19. The van der Waals surface area contributed by atoms with E-state index in [0.717, 1.165) is 50.2 Å². The molecule has 0 amide bonds. The summed E-state index contributed by atoms with van der Waals surface area (Å²) in [4.78, 5) is 26.9. The average molecular weight is 314 g/mol. The molecule has 122 valence electrons. The molecule has 3 aromatic rings. The van der Waals surface area contributed by atoms with E-state index < -0.39 is 0 Å². The molecule has 0 aromatic carbocycles. The van der Waals surface area contributed by atoms with E-state index in [1.165, 1.54) is 0 Å². The van der Waals surface area contributed by atoms with Crippen molar-refractivity contribution in [1.29, 1.82) is 0 Å². The smallest absolute Gasteiger partial charge is 0.120 e. The lowest BCUT2D eigenvalue weighted by atomic mass is 10.4. The predicted molar refractivity (Wildman–Crippen MR) is 86.2 cm³/mol. The lowest BCUT2D eigenvalue weighted by molar-refractivity contribution is 0.200. The zero-order valence-corrected chi connectivity index (χ0v) is 13.2. The van der Waals surface area contributed by atoms with Crippen LogP contribution >= 0.6 is 0 Å². The van der Waals surface area contributed by atoms with Crippen molar-refractivity contribution in [2.75, 3.05) is 20.1 Å². The highest BCUT2D eigenvalue weighted by atomic mass is 15.2. The molecule has 0 atom stereocenters. The third-order valence-electron chi connectivity index (χ3n) is 3.63. The number of H-pyrrole nitrogens is 3. The highest BCUT2D eigenvalue weighted by Crippen LogP contribution is 2.05. The van der Waals surface area contributed by atoms with Gasteiger partial charge in [-0.25, -0.2) is 15.0 Å². The first-order valence-corrected chi connectivity index (χ1v) is 7.65. The van der Waals surface area contributed by atoms with Crippen LogP contribution in [0.15, 0.2) is 37.2 Å². The number of likely N-dealkylation sites (N-methyl/N-ethyl adjacent to an activating group) is 1. The molecular formula is C15H22N8. The molecule has 3 heterocycles. The van der Waals surface area contributed by atoms with Gasteiger partial charge in [0, 0.05) is 50.3 Å². The van der Waals surface area contributed by atoms with Gasteiger partial charge in [0.2, 0.25) is 0 Å². The van der Waals surface area contributed by atoms with Gasteiger partial charge in [0.1, 0.15) is 17.5 Å². The second-order valence-corrected chi connectivity index (χ2v) is 5.56. The first-order valence-electron chi connectivity index (χ1n) is 7.65. The highest BCUT2D eigenvalue weighted by molar-refractivity contribution is 4.91. The van der Waals surface area contributed by atoms with Crippen molar-refractivity contribution in [1.82, 2.24) is 39.7 Å². The molecule has 8 heteroatoms. The number of aromatic nitrogens is 6. The summed E-state index contributed by atoms with van der Waals surface area (Å²) in [5, 5.41) is 0. The van der Waals surface area contributed by atoms with E-state index in [1.807, 2.05) is 18.6 Å². The zero-order valence-electron chi connectivity index (χ0n) is 13.2. The molecule has 0 saturated carbocycles. The van der Waals surface area contributed by atoms with Gasteiger partial charge in [-0.3, -0.25) is 9.80 Å². The van der Waals surface area contributed by atoms with Gasteiger partial charge < -0.3 is 15.0 Å². The van der Waals surface area contributed by atoms with Gasteiger partial charge >= 0.3 is 0 Å². The van der Waals surface area contributed by atoms with Gasteiger partial charge in [0.05, 0.1) is 19.6 Å². The Morgan fingerprint density at radius 2 is 1.22 bits per heavy atom. The minimum atomic E-state index is 0.766. The molecule has 0 fully saturated rings. The largest absolute Gasteiger partial charge is 0.348 e. The Kier molecular flexibility index (Phi) is 5.17. The molecule has 3 aromatic heterocycles. The molecule has 0 aliphatic rings. The van der Waals surface area contributed by atoms with Crippen LogP contribution in [0.2, 0.25) is 0 Å². The van der Waals surface area contributed by atoms with Crippen LogP contribution in [0.5, 0.6) is 0 Å². The van der Waals surface area contributed by atoms with Crippen molar-refractivity contribution in [3.05, 3.63) is 54.7 Å². The number of hydrogen-bond acceptors (Lipinski definition) is 5. The molecule has 23 heavy (non-hydrogen) atoms. The first kappa shape index (κ1) is 15.4. The summed E-state index contributed by atoms with van der Waals surface area (Å²) < 4.78 is 0. The molecule has 0 unspecified atom stereocenters. The van der Waals surface area contributed by atoms with Gasteiger partial charge in [0.25, 0.3) is 0 Å². The number of hydrogen-bond donors (Lipinski definition) is 3. The Morgan fingerprint density at radius 3 is 1.65 bits per heavy atom. The summed E-state index contributed by atoms with van der Waals surface area (Å²) in [5.41, 5.74) is 0. The van der Waals surface area contributed by atoms with Crippen LogP contribution in [-0.2, 0) is 19.6 Å². The van der Waals surface area contributed by atoms with Crippen molar-refractivity contribution in [3.63, 3.8) is 0 Å². The van der Waals surface area contributed by atoms with Crippen molar-refractivity contribution < 1.29 is 0 Å². The fraction of sp³-hybridized carbons (Fsp3) is 0.400. The summed E-state index contributed by atoms with van der Waals surface area (Å²) in [6, 6.07) is 0. The SMILES string of the molecule is CN(CCN(Cc1ncc[nH]1)Cc1ncc[nH]1)Cc1ncc[nH]1. The maximum atomic E-state index is 4.32. The van der Waals surface area contributed by atoms with Gasteiger partial charge in [-0.05, 0) is 7.05 Å². The molecule has 3 N–H and O–H groups in total. The molecule has 0 spiro atoms. The van der Waals surface area contributed by atoms with Crippen LogP contribution < -0.4 is 0 Å². The van der Waals surface area contributed by atoms with Crippen LogP contribution in [0.4, 0.5) is 0 Å². The minimum absolute atomic E-state index is 0.766. The predicted octanol–water partition coefficient (Wildman–Crippen LogP) is 0.990. The van der Waals surface area contributed by atoms with E-state index in [1.54, 1.807) is 18.6 Å². The molecule has 0 aliphatic heterocycles. The van der Waals surface area contributed by atoms with E-state index in [-0.39, 0.29) is 0 Å². The number of imidazole rings is 3. The van der Waals surface area contributed by atoms with E-state index in [2.05, 4.69) is 46.8 Å². The first-order chi connectivity index (χ1) is 11.3. The number of aromatic amines is 3. The summed E-state index contributed by atoms with van der Waals surface area (Å²) in [7, 11) is 2.10. The number of nitrogens with one attached hydrogen (secondary N) is 3. The Labute approximate surface area is 135 Å². The average Bonchev–Trinajstić information content (AvgIpc) is 3.28. The standard InChI is InChI=1S/C15H22N8/c1-22(10-13-16-2-3-17-13)8-9-23(11-14-18-4-5-19-14)12-15-20-6-7-21-15/h2-7H,8-12H2,1H3,(H,16,17)(H,18,19)(H,20,21). The van der Waals surface area contributed by atoms with Crippen LogP contribution in [-0.4, -0.2) is 59.8 Å². The zero-order chi connectivity index (χ0) is 15.9. The minimum Gasteiger partial charge on any atom is -0.348 e. The van der Waals surface area contributed by atoms with Gasteiger partial charge in [-0.15, -0.1) is 0 Å². The molecule has 0 aliphatic carbocycles. The van der Waals surface area contributed by atoms with Gasteiger partial charge in [0.15, 0.2) is 0 Å². The van der Waals surface area contributed by atoms with Crippen molar-refractivity contribution in [3.8, 4) is 0 Å². The molecule has 0 bridgehead atoms. The quantitative estimate of drug-likeness (QED) is 0.548. The monoisotopic (exact) mass is 314 g/mol. The second kappa shape index (κ2) is 7.70. The highest BCUT2D eigenvalue weighted by Gasteiger charge is 2.11. The Hall–Kier alpha value is -2.45. The van der Waals surface area contributed by atoms with E-state index in [0.29, 0.717) is 0 Å². The Bertz CT molecular complexity index is 608. The lowest BCUT2D eigenvalue weighted by Gasteiger charge is -2.23. The topological polar surface area (TPSA) is 92.5 Å². The van der Waals surface area contributed by atoms with Gasteiger partial charge in [-0.1, -0.05) is 0 Å². The van der Waals surface area contributed by atoms with Crippen molar-refractivity contribution in [2.45, 2.75) is 19.6 Å². The molecular weight excluding hydrogens is 292 g/mol. The fourth-order valence-electron chi connectivity index (χ4n) is 2.44. The van der Waals surface area contributed by atoms with Gasteiger partial charge in [-0.2, -0.15) is 0 Å². The van der Waals surface area contributed by atoms with Crippen LogP contribution in [0.3, 0.4) is 0 Å². The molecule has 0 saturated heterocycles. The van der Waals surface area contributed by atoms with Crippen LogP contribution in [0.1, 0.15) is 17.5 Å². The second-order valence-electron chi connectivity index (χ2n) is 5.56. The summed E-state index contributed by atoms with van der Waals surface area (Å²) in [6.07, 6.45) is 10.9. The lowest BCUT2D eigenvalue weighted by Crippen LogP contribution is -2.33. The van der Waals surface area contributed by atoms with Crippen molar-refractivity contribution >= 4 is 0 Å². The van der Waals surface area contributed by atoms with E-state index >= 15 is 0 Å². The maximum absolute atomic E-state index is 4.32. The summed E-state index contributed by atoms with van der Waals surface area (Å²) in [5.74, 6) is 2.91. The summed E-state index contributed by atoms with van der Waals surface area (Å²) >= 11 is 0. The third-order valence-corrected chi connectivity index (χ3v) is 3.63. The molecule has 3 rings (SSSR count). The molecule has 8 nitrogen and oxygen atoms in total. The van der Waals surface area contributed by atoms with Crippen LogP contribution in [0.25, 0.3) is 0 Å². The number of nitrogens with zero attached hydrogens (tertiary/aromatic N) is 5. The number of rotatable bonds is 9. The van der Waals surface area contributed by atoms with Crippen LogP contribution in [0, 0.1) is 0 Å². The Morgan fingerprint density at radius 1 is 0.739 bits per heavy atom. The fourth-order valence-corrected chi connectivity index (χ4v) is 2.44. The van der Waals surface area contributed by atoms with Crippen molar-refractivity contribution in [2.24, 2.45) is 0 Å². The van der Waals surface area contributed by atoms with E-state index in [4.69, 9.17) is 0 Å². The Balaban J connectivity index is 1.54.